The van der Waals surface area contributed by atoms with E-state index < -0.39 is 5.92 Å². The van der Waals surface area contributed by atoms with Crippen molar-refractivity contribution < 1.29 is 13.2 Å². The number of hydrogen-bond donors (Lipinski definition) is 1. The molecule has 0 saturated heterocycles. The van der Waals surface area contributed by atoms with Gasteiger partial charge in [0.2, 0.25) is 5.92 Å². The zero-order valence-electron chi connectivity index (χ0n) is 17.3. The largest absolute Gasteiger partial charge is 0.446 e. The van der Waals surface area contributed by atoms with Crippen molar-refractivity contribution >= 4 is 11.0 Å². The number of fused-ring (bicyclic) bond motifs is 1. The third-order valence-electron chi connectivity index (χ3n) is 6.80. The standard InChI is InChI=1S/C22H26F2N4O2/c1-3-13-10-17-19(28(13)14-6-8-22(23,24)9-7-14)26-18(27-20(17)29)15-4-5-16(15)21-25-11-12(2)30-21/h10-11,14-16H,3-9H2,1-2H3,(H,26,27,29). The van der Waals surface area contributed by atoms with Crippen LogP contribution in [0.1, 0.15) is 86.5 Å². The molecule has 160 valence electrons. The van der Waals surface area contributed by atoms with Crippen LogP contribution in [0, 0.1) is 6.92 Å². The van der Waals surface area contributed by atoms with Crippen LogP contribution in [-0.4, -0.2) is 25.4 Å². The highest BCUT2D eigenvalue weighted by molar-refractivity contribution is 5.76. The summed E-state index contributed by atoms with van der Waals surface area (Å²) in [5.41, 5.74) is 1.43. The molecule has 3 aromatic rings. The number of rotatable bonds is 4. The van der Waals surface area contributed by atoms with E-state index in [2.05, 4.69) is 9.97 Å². The fourth-order valence-corrected chi connectivity index (χ4v) is 4.98. The van der Waals surface area contributed by atoms with Crippen molar-refractivity contribution in [1.82, 2.24) is 19.5 Å². The van der Waals surface area contributed by atoms with E-state index in [4.69, 9.17) is 9.40 Å². The van der Waals surface area contributed by atoms with E-state index in [1.54, 1.807) is 6.20 Å². The van der Waals surface area contributed by atoms with Crippen LogP contribution in [-0.2, 0) is 6.42 Å². The van der Waals surface area contributed by atoms with Gasteiger partial charge < -0.3 is 14.0 Å². The van der Waals surface area contributed by atoms with Crippen molar-refractivity contribution in [2.24, 2.45) is 0 Å². The first kappa shape index (κ1) is 19.5. The van der Waals surface area contributed by atoms with Crippen LogP contribution in [0.4, 0.5) is 8.78 Å². The average molecular weight is 416 g/mol. The smallest absolute Gasteiger partial charge is 0.260 e. The van der Waals surface area contributed by atoms with Gasteiger partial charge in [-0.25, -0.2) is 18.7 Å². The van der Waals surface area contributed by atoms with E-state index in [9.17, 15) is 13.6 Å². The number of nitrogens with zero attached hydrogens (tertiary/aromatic N) is 3. The predicted molar refractivity (Wildman–Crippen MR) is 108 cm³/mol. The van der Waals surface area contributed by atoms with E-state index in [0.29, 0.717) is 35.6 Å². The van der Waals surface area contributed by atoms with Gasteiger partial charge in [0.25, 0.3) is 5.56 Å². The molecule has 5 rings (SSSR count). The molecule has 2 saturated carbocycles. The van der Waals surface area contributed by atoms with Gasteiger partial charge in [0.15, 0.2) is 5.89 Å². The first-order valence-corrected chi connectivity index (χ1v) is 10.8. The summed E-state index contributed by atoms with van der Waals surface area (Å²) in [5.74, 6) is -0.350. The first-order chi connectivity index (χ1) is 14.4. The molecule has 2 atom stereocenters. The van der Waals surface area contributed by atoms with E-state index in [1.807, 2.05) is 24.5 Å². The Morgan fingerprint density at radius 2 is 1.97 bits per heavy atom. The lowest BCUT2D eigenvalue weighted by molar-refractivity contribution is -0.0438. The molecule has 30 heavy (non-hydrogen) atoms. The van der Waals surface area contributed by atoms with Gasteiger partial charge in [-0.15, -0.1) is 0 Å². The van der Waals surface area contributed by atoms with Gasteiger partial charge >= 0.3 is 0 Å². The van der Waals surface area contributed by atoms with Crippen LogP contribution in [0.3, 0.4) is 0 Å². The minimum atomic E-state index is -2.59. The third kappa shape index (κ3) is 3.17. The SMILES string of the molecule is CCc1cc2c(=O)[nH]c(C3CCC3c3ncc(C)o3)nc2n1C1CCC(F)(F)CC1. The summed E-state index contributed by atoms with van der Waals surface area (Å²) in [7, 11) is 0. The molecule has 8 heteroatoms. The van der Waals surface area contributed by atoms with Gasteiger partial charge in [-0.3, -0.25) is 4.79 Å². The molecule has 0 spiro atoms. The summed E-state index contributed by atoms with van der Waals surface area (Å²) >= 11 is 0. The fraction of sp³-hybridized carbons (Fsp3) is 0.591. The number of hydrogen-bond acceptors (Lipinski definition) is 4. The Kier molecular flexibility index (Phi) is 4.56. The summed E-state index contributed by atoms with van der Waals surface area (Å²) in [5, 5.41) is 0.538. The number of aromatic amines is 1. The van der Waals surface area contributed by atoms with Crippen LogP contribution in [0.25, 0.3) is 11.0 Å². The Hall–Kier alpha value is -2.51. The summed E-state index contributed by atoms with van der Waals surface area (Å²) < 4.78 is 35.2. The Balaban J connectivity index is 1.55. The first-order valence-electron chi connectivity index (χ1n) is 10.8. The van der Waals surface area contributed by atoms with Gasteiger partial charge in [-0.2, -0.15) is 0 Å². The molecule has 2 fully saturated rings. The van der Waals surface area contributed by atoms with Gasteiger partial charge in [0.1, 0.15) is 17.2 Å². The minimum absolute atomic E-state index is 0.0456. The Morgan fingerprint density at radius 1 is 1.23 bits per heavy atom. The second-order valence-corrected chi connectivity index (χ2v) is 8.73. The van der Waals surface area contributed by atoms with Gasteiger partial charge in [-0.1, -0.05) is 6.92 Å². The van der Waals surface area contributed by atoms with Crippen molar-refractivity contribution in [1.29, 1.82) is 0 Å². The van der Waals surface area contributed by atoms with Crippen molar-refractivity contribution in [2.45, 2.75) is 82.6 Å². The monoisotopic (exact) mass is 416 g/mol. The van der Waals surface area contributed by atoms with E-state index in [-0.39, 0.29) is 36.3 Å². The second kappa shape index (κ2) is 7.03. The minimum Gasteiger partial charge on any atom is -0.446 e. The number of aromatic nitrogens is 4. The molecule has 0 aliphatic heterocycles. The Bertz CT molecular complexity index is 1140. The van der Waals surface area contributed by atoms with E-state index in [0.717, 1.165) is 30.7 Å². The topological polar surface area (TPSA) is 76.7 Å². The summed E-state index contributed by atoms with van der Waals surface area (Å²) in [6.45, 7) is 3.88. The molecule has 0 amide bonds. The Labute approximate surface area is 172 Å². The van der Waals surface area contributed by atoms with Crippen molar-refractivity contribution in [3.05, 3.63) is 45.8 Å². The molecule has 2 aliphatic carbocycles. The van der Waals surface area contributed by atoms with Crippen molar-refractivity contribution in [2.75, 3.05) is 0 Å². The van der Waals surface area contributed by atoms with Gasteiger partial charge in [0.05, 0.1) is 11.6 Å². The van der Waals surface area contributed by atoms with Crippen molar-refractivity contribution in [3.63, 3.8) is 0 Å². The van der Waals surface area contributed by atoms with Crippen LogP contribution in [0.5, 0.6) is 0 Å². The zero-order valence-corrected chi connectivity index (χ0v) is 17.3. The number of halogens is 2. The average Bonchev–Trinajstić information content (AvgIpc) is 3.25. The molecule has 0 bridgehead atoms. The quantitative estimate of drug-likeness (QED) is 0.650. The van der Waals surface area contributed by atoms with E-state index >= 15 is 0 Å². The number of H-pyrrole nitrogens is 1. The lowest BCUT2D eigenvalue weighted by Crippen LogP contribution is -2.28. The number of aryl methyl sites for hydroxylation is 2. The molecular formula is C22H26F2N4O2. The molecule has 1 N–H and O–H groups in total. The fourth-order valence-electron chi connectivity index (χ4n) is 4.98. The van der Waals surface area contributed by atoms with Gasteiger partial charge in [0, 0.05) is 36.4 Å². The molecule has 0 radical (unpaired) electrons. The van der Waals surface area contributed by atoms with Crippen molar-refractivity contribution in [3.8, 4) is 0 Å². The maximum atomic E-state index is 13.7. The molecule has 3 heterocycles. The molecule has 3 aromatic heterocycles. The lowest BCUT2D eigenvalue weighted by atomic mass is 9.73. The van der Waals surface area contributed by atoms with Crippen LogP contribution in [0.2, 0.25) is 0 Å². The maximum Gasteiger partial charge on any atom is 0.260 e. The number of oxazole rings is 1. The summed E-state index contributed by atoms with van der Waals surface area (Å²) in [6.07, 6.45) is 4.82. The lowest BCUT2D eigenvalue weighted by Gasteiger charge is -2.33. The summed E-state index contributed by atoms with van der Waals surface area (Å²) in [4.78, 5) is 25.1. The Morgan fingerprint density at radius 3 is 2.57 bits per heavy atom. The zero-order chi connectivity index (χ0) is 21.0. The molecule has 0 aromatic carbocycles. The second-order valence-electron chi connectivity index (χ2n) is 8.73. The normalized spacial score (nSPS) is 24.3. The molecule has 2 aliphatic rings. The summed E-state index contributed by atoms with van der Waals surface area (Å²) in [6, 6.07) is 1.82. The van der Waals surface area contributed by atoms with E-state index in [1.165, 1.54) is 0 Å². The number of alkyl halides is 2. The van der Waals surface area contributed by atoms with Crippen LogP contribution < -0.4 is 5.56 Å². The number of nitrogens with one attached hydrogen (secondary N) is 1. The molecule has 6 nitrogen and oxygen atoms in total. The van der Waals surface area contributed by atoms with Crippen LogP contribution >= 0.6 is 0 Å². The highest BCUT2D eigenvalue weighted by Crippen LogP contribution is 2.48. The van der Waals surface area contributed by atoms with Gasteiger partial charge in [-0.05, 0) is 45.1 Å². The molecule has 2 unspecified atom stereocenters. The predicted octanol–water partition coefficient (Wildman–Crippen LogP) is 5.00. The molecular weight excluding hydrogens is 390 g/mol. The highest BCUT2D eigenvalue weighted by atomic mass is 19.3. The highest BCUT2D eigenvalue weighted by Gasteiger charge is 2.40. The van der Waals surface area contributed by atoms with Crippen LogP contribution in [0.15, 0.2) is 21.5 Å². The maximum absolute atomic E-state index is 13.7. The third-order valence-corrected chi connectivity index (χ3v) is 6.80.